The van der Waals surface area contributed by atoms with Gasteiger partial charge in [-0.1, -0.05) is 213 Å². The van der Waals surface area contributed by atoms with Crippen molar-refractivity contribution in [3.63, 3.8) is 0 Å². The molecule has 0 saturated heterocycles. The highest BCUT2D eigenvalue weighted by atomic mass is 16.5. The van der Waals surface area contributed by atoms with Crippen molar-refractivity contribution >= 4 is 5.91 Å². The molecular formula is C58H108N2O3. The molecule has 1 aliphatic rings. The smallest absolute Gasteiger partial charge is 0.223 e. The molecule has 1 aliphatic carbocycles. The van der Waals surface area contributed by atoms with Crippen LogP contribution >= 0.6 is 0 Å². The predicted molar refractivity (Wildman–Crippen MR) is 275 cm³/mol. The van der Waals surface area contributed by atoms with Crippen LogP contribution in [0.5, 0.6) is 0 Å². The average molecular weight is 882 g/mol. The van der Waals surface area contributed by atoms with Crippen LogP contribution in [0.25, 0.3) is 0 Å². The minimum atomic E-state index is 0.249. The lowest BCUT2D eigenvalue weighted by atomic mass is 9.89. The van der Waals surface area contributed by atoms with Crippen LogP contribution < -0.4 is 5.32 Å². The number of amides is 1. The van der Waals surface area contributed by atoms with Crippen LogP contribution in [0.1, 0.15) is 278 Å². The molecule has 0 aromatic heterocycles. The maximum absolute atomic E-state index is 12.8. The highest BCUT2D eigenvalue weighted by Gasteiger charge is 2.20. The van der Waals surface area contributed by atoms with E-state index < -0.39 is 0 Å². The first kappa shape index (κ1) is 59.1. The van der Waals surface area contributed by atoms with E-state index in [1.54, 1.807) is 0 Å². The molecule has 5 heteroatoms. The summed E-state index contributed by atoms with van der Waals surface area (Å²) in [6.45, 7) is 22.2. The van der Waals surface area contributed by atoms with E-state index in [2.05, 4.69) is 62.5 Å². The standard InChI is InChI=1S/C58H108N2O3/c1-7-13-17-19-23-34-45-57(46-35-24-20-18-14-8-2)63-56(12-6)44-33-26-22-28-37-50-60(51-38-48-59-58(61)54-41-30-29-31-42-54)49-36-27-21-25-32-43-55(11-5)62-52-47-53(39-15-9-3)40-16-10-4/h53-54,57H,5-10,13-52H2,1-4H3,(H,59,61). The highest BCUT2D eigenvalue weighted by Crippen LogP contribution is 2.25. The van der Waals surface area contributed by atoms with E-state index in [4.69, 9.17) is 9.47 Å². The van der Waals surface area contributed by atoms with E-state index in [1.165, 1.54) is 206 Å². The lowest BCUT2D eigenvalue weighted by molar-refractivity contribution is -0.125. The maximum Gasteiger partial charge on any atom is 0.223 e. The molecule has 0 aliphatic heterocycles. The third kappa shape index (κ3) is 35.9. The molecule has 0 spiro atoms. The van der Waals surface area contributed by atoms with Crippen molar-refractivity contribution in [3.05, 3.63) is 36.1 Å². The van der Waals surface area contributed by atoms with E-state index in [1.807, 2.05) is 0 Å². The van der Waals surface area contributed by atoms with Gasteiger partial charge in [-0.25, -0.2) is 0 Å². The number of allylic oxidation sites excluding steroid dienone is 2. The molecule has 1 fully saturated rings. The molecule has 1 rings (SSSR count). The third-order valence-electron chi connectivity index (χ3n) is 13.9. The second-order valence-corrected chi connectivity index (χ2v) is 19.7. The van der Waals surface area contributed by atoms with Crippen molar-refractivity contribution < 1.29 is 14.3 Å². The van der Waals surface area contributed by atoms with Gasteiger partial charge in [0.25, 0.3) is 0 Å². The fraction of sp³-hybridized carbons (Fsp3) is 0.879. The van der Waals surface area contributed by atoms with Crippen molar-refractivity contribution in [2.45, 2.75) is 284 Å². The first-order valence-electron chi connectivity index (χ1n) is 28.1. The molecule has 368 valence electrons. The van der Waals surface area contributed by atoms with E-state index in [0.717, 1.165) is 95.0 Å². The van der Waals surface area contributed by atoms with Crippen LogP contribution in [0.2, 0.25) is 0 Å². The van der Waals surface area contributed by atoms with Gasteiger partial charge in [0.2, 0.25) is 5.91 Å². The zero-order valence-corrected chi connectivity index (χ0v) is 42.9. The van der Waals surface area contributed by atoms with Crippen molar-refractivity contribution in [2.75, 3.05) is 32.8 Å². The van der Waals surface area contributed by atoms with Crippen LogP contribution in [-0.4, -0.2) is 49.7 Å². The van der Waals surface area contributed by atoms with Gasteiger partial charge in [0.05, 0.1) is 12.7 Å². The van der Waals surface area contributed by atoms with Gasteiger partial charge in [-0.05, 0) is 103 Å². The minimum absolute atomic E-state index is 0.249. The number of carbonyl (C=O) groups is 1. The second kappa shape index (κ2) is 45.2. The monoisotopic (exact) mass is 881 g/mol. The summed E-state index contributed by atoms with van der Waals surface area (Å²) in [5.74, 6) is 3.33. The highest BCUT2D eigenvalue weighted by molar-refractivity contribution is 5.78. The van der Waals surface area contributed by atoms with Crippen LogP contribution in [0, 0.1) is 11.8 Å². The number of unbranched alkanes of at least 4 members (excludes halogenated alkanes) is 20. The molecule has 0 aromatic carbocycles. The summed E-state index contributed by atoms with van der Waals surface area (Å²) in [5.41, 5.74) is 6.30. The summed E-state index contributed by atoms with van der Waals surface area (Å²) in [4.78, 5) is 15.5. The van der Waals surface area contributed by atoms with Crippen LogP contribution in [0.3, 0.4) is 0 Å². The fourth-order valence-electron chi connectivity index (χ4n) is 9.60. The Bertz CT molecular complexity index is 1090. The molecule has 63 heavy (non-hydrogen) atoms. The van der Waals surface area contributed by atoms with Crippen molar-refractivity contribution in [2.24, 2.45) is 11.8 Å². The Kier molecular flexibility index (Phi) is 42.4. The molecule has 5 nitrogen and oxygen atoms in total. The van der Waals surface area contributed by atoms with Gasteiger partial charge >= 0.3 is 0 Å². The molecule has 0 bridgehead atoms. The number of rotatable bonds is 47. The molecule has 0 heterocycles. The number of hydrogen-bond acceptors (Lipinski definition) is 4. The molecule has 0 unspecified atom stereocenters. The SMILES string of the molecule is C=C=C(CCCCCCCN(CCCCCCCC(=C=C)OC(CCCCCCCC)CCCCCCCC)CCCNC(=O)C1CCCCC1)OCCC(CCCC)CCCC. The van der Waals surface area contributed by atoms with E-state index >= 15 is 0 Å². The quantitative estimate of drug-likeness (QED) is 0.0376. The summed E-state index contributed by atoms with van der Waals surface area (Å²) in [7, 11) is 0. The molecule has 1 amide bonds. The van der Waals surface area contributed by atoms with Gasteiger partial charge in [-0.3, -0.25) is 4.79 Å². The summed E-state index contributed by atoms with van der Waals surface area (Å²) in [6.07, 6.45) is 49.1. The number of nitrogens with zero attached hydrogens (tertiary/aromatic N) is 1. The number of hydrogen-bond donors (Lipinski definition) is 1. The van der Waals surface area contributed by atoms with Crippen molar-refractivity contribution in [3.8, 4) is 0 Å². The number of ether oxygens (including phenoxy) is 2. The van der Waals surface area contributed by atoms with Gasteiger partial charge in [-0.2, -0.15) is 0 Å². The Morgan fingerprint density at radius 1 is 0.540 bits per heavy atom. The van der Waals surface area contributed by atoms with E-state index in [-0.39, 0.29) is 5.92 Å². The van der Waals surface area contributed by atoms with Gasteiger partial charge < -0.3 is 19.7 Å². The Morgan fingerprint density at radius 2 is 1.00 bits per heavy atom. The van der Waals surface area contributed by atoms with Gasteiger partial charge in [0.1, 0.15) is 11.5 Å². The van der Waals surface area contributed by atoms with Crippen molar-refractivity contribution in [1.82, 2.24) is 10.2 Å². The molecular weight excluding hydrogens is 773 g/mol. The summed E-state index contributed by atoms with van der Waals surface area (Å²) in [5, 5.41) is 3.29. The molecule has 1 saturated carbocycles. The van der Waals surface area contributed by atoms with E-state index in [9.17, 15) is 4.79 Å². The van der Waals surface area contributed by atoms with Crippen LogP contribution in [0.4, 0.5) is 0 Å². The fourth-order valence-corrected chi connectivity index (χ4v) is 9.60. The maximum atomic E-state index is 12.8. The zero-order chi connectivity index (χ0) is 45.7. The largest absolute Gasteiger partial charge is 0.490 e. The topological polar surface area (TPSA) is 50.8 Å². The zero-order valence-electron chi connectivity index (χ0n) is 42.9. The van der Waals surface area contributed by atoms with Crippen LogP contribution in [-0.2, 0) is 14.3 Å². The summed E-state index contributed by atoms with van der Waals surface area (Å²) in [6, 6.07) is 0. The average Bonchev–Trinajstić information content (AvgIpc) is 3.31. The van der Waals surface area contributed by atoms with E-state index in [0.29, 0.717) is 12.0 Å². The van der Waals surface area contributed by atoms with Gasteiger partial charge in [-0.15, -0.1) is 0 Å². The summed E-state index contributed by atoms with van der Waals surface area (Å²) < 4.78 is 12.8. The normalized spacial score (nSPS) is 13.1. The Morgan fingerprint density at radius 3 is 1.52 bits per heavy atom. The first-order chi connectivity index (χ1) is 31.0. The first-order valence-corrected chi connectivity index (χ1v) is 28.1. The third-order valence-corrected chi connectivity index (χ3v) is 13.9. The Balaban J connectivity index is 2.46. The lowest BCUT2D eigenvalue weighted by Gasteiger charge is -2.24. The van der Waals surface area contributed by atoms with Crippen LogP contribution in [0.15, 0.2) is 36.1 Å². The van der Waals surface area contributed by atoms with Crippen molar-refractivity contribution in [1.29, 1.82) is 0 Å². The predicted octanol–water partition coefficient (Wildman–Crippen LogP) is 17.7. The van der Waals surface area contributed by atoms with Gasteiger partial charge in [0.15, 0.2) is 0 Å². The lowest BCUT2D eigenvalue weighted by Crippen LogP contribution is -2.35. The Hall–Kier alpha value is -1.93. The minimum Gasteiger partial charge on any atom is -0.490 e. The molecule has 0 atom stereocenters. The number of carbonyl (C=O) groups excluding carboxylic acids is 1. The molecule has 1 N–H and O–H groups in total. The second-order valence-electron chi connectivity index (χ2n) is 19.7. The number of nitrogens with one attached hydrogen (secondary N) is 1. The molecule has 0 radical (unpaired) electrons. The van der Waals surface area contributed by atoms with Gasteiger partial charge in [0, 0.05) is 25.3 Å². The summed E-state index contributed by atoms with van der Waals surface area (Å²) >= 11 is 0. The molecule has 0 aromatic rings. The Labute approximate surface area is 393 Å².